The third kappa shape index (κ3) is 2.39. The van der Waals surface area contributed by atoms with E-state index in [-0.39, 0.29) is 29.0 Å². The summed E-state index contributed by atoms with van der Waals surface area (Å²) < 4.78 is 0. The zero-order valence-electron chi connectivity index (χ0n) is 14.3. The molecule has 0 fully saturated rings. The largest absolute Gasteiger partial charge is 0.478 e. The lowest BCUT2D eigenvalue weighted by Crippen LogP contribution is -2.31. The quantitative estimate of drug-likeness (QED) is 0.722. The smallest absolute Gasteiger partial charge is 0.336 e. The molecule has 2 aliphatic rings. The highest BCUT2D eigenvalue weighted by Gasteiger charge is 2.40. The molecule has 3 N–H and O–H groups in total. The van der Waals surface area contributed by atoms with Gasteiger partial charge in [-0.15, -0.1) is 0 Å². The van der Waals surface area contributed by atoms with Gasteiger partial charge < -0.3 is 15.5 Å². The SMILES string of the molecule is Cc1c(C(=O)O)ccc2c1N[C@H](c1ccccc1C(=O)O)[C@H]1CC=C[C@@H]21. The number of allylic oxidation sites excluding steroid dienone is 2. The van der Waals surface area contributed by atoms with Crippen LogP contribution in [0.15, 0.2) is 48.6 Å². The van der Waals surface area contributed by atoms with Crippen LogP contribution in [0.1, 0.15) is 55.8 Å². The summed E-state index contributed by atoms with van der Waals surface area (Å²) in [4.78, 5) is 23.2. The predicted octanol–water partition coefficient (Wildman–Crippen LogP) is 4.22. The van der Waals surface area contributed by atoms with Crippen LogP contribution in [0.5, 0.6) is 0 Å². The number of fused-ring (bicyclic) bond motifs is 3. The van der Waals surface area contributed by atoms with E-state index in [0.717, 1.165) is 23.2 Å². The third-order valence-corrected chi connectivity index (χ3v) is 5.55. The first-order chi connectivity index (χ1) is 12.5. The van der Waals surface area contributed by atoms with Crippen LogP contribution in [0.3, 0.4) is 0 Å². The van der Waals surface area contributed by atoms with Crippen LogP contribution in [0, 0.1) is 12.8 Å². The van der Waals surface area contributed by atoms with E-state index >= 15 is 0 Å². The number of carboxylic acids is 2. The molecule has 3 atom stereocenters. The summed E-state index contributed by atoms with van der Waals surface area (Å²) in [6.07, 6.45) is 5.14. The maximum Gasteiger partial charge on any atom is 0.336 e. The fraction of sp³-hybridized carbons (Fsp3) is 0.238. The number of rotatable bonds is 3. The van der Waals surface area contributed by atoms with Gasteiger partial charge in [0.2, 0.25) is 0 Å². The second-order valence-electron chi connectivity index (χ2n) is 6.88. The maximum atomic E-state index is 11.7. The Balaban J connectivity index is 1.88. The fourth-order valence-electron chi connectivity index (χ4n) is 4.32. The Labute approximate surface area is 151 Å². The molecule has 1 aliphatic carbocycles. The van der Waals surface area contributed by atoms with Crippen LogP contribution in [0.25, 0.3) is 0 Å². The Morgan fingerprint density at radius 3 is 2.46 bits per heavy atom. The average Bonchev–Trinajstić information content (AvgIpc) is 3.11. The summed E-state index contributed by atoms with van der Waals surface area (Å²) >= 11 is 0. The van der Waals surface area contributed by atoms with Gasteiger partial charge >= 0.3 is 11.9 Å². The van der Waals surface area contributed by atoms with Crippen molar-refractivity contribution in [3.05, 3.63) is 76.4 Å². The molecule has 132 valence electrons. The highest BCUT2D eigenvalue weighted by atomic mass is 16.4. The van der Waals surface area contributed by atoms with Gasteiger partial charge in [0.25, 0.3) is 0 Å². The highest BCUT2D eigenvalue weighted by molar-refractivity contribution is 5.92. The van der Waals surface area contributed by atoms with Crippen molar-refractivity contribution in [1.82, 2.24) is 0 Å². The van der Waals surface area contributed by atoms with E-state index < -0.39 is 11.9 Å². The molecular weight excluding hydrogens is 330 g/mol. The van der Waals surface area contributed by atoms with Gasteiger partial charge in [-0.05, 0) is 48.1 Å². The normalized spacial score (nSPS) is 23.0. The van der Waals surface area contributed by atoms with E-state index in [4.69, 9.17) is 0 Å². The van der Waals surface area contributed by atoms with Crippen molar-refractivity contribution in [1.29, 1.82) is 0 Å². The van der Waals surface area contributed by atoms with Crippen LogP contribution in [-0.2, 0) is 0 Å². The minimum Gasteiger partial charge on any atom is -0.478 e. The molecule has 0 saturated carbocycles. The number of benzene rings is 2. The molecule has 1 heterocycles. The zero-order chi connectivity index (χ0) is 18.4. The molecular formula is C21H19NO4. The Hall–Kier alpha value is -3.08. The number of carbonyl (C=O) groups is 2. The predicted molar refractivity (Wildman–Crippen MR) is 97.9 cm³/mol. The number of aromatic carboxylic acids is 2. The van der Waals surface area contributed by atoms with Crippen LogP contribution in [0.2, 0.25) is 0 Å². The van der Waals surface area contributed by atoms with Crippen molar-refractivity contribution in [2.75, 3.05) is 5.32 Å². The minimum atomic E-state index is -0.960. The van der Waals surface area contributed by atoms with Crippen LogP contribution in [-0.4, -0.2) is 22.2 Å². The van der Waals surface area contributed by atoms with Crippen molar-refractivity contribution in [3.8, 4) is 0 Å². The molecule has 0 spiro atoms. The summed E-state index contributed by atoms with van der Waals surface area (Å²) in [6, 6.07) is 10.4. The highest BCUT2D eigenvalue weighted by Crippen LogP contribution is 2.51. The Morgan fingerprint density at radius 2 is 1.73 bits per heavy atom. The molecule has 0 amide bonds. The minimum absolute atomic E-state index is 0.152. The molecule has 0 saturated heterocycles. The standard InChI is InChI=1S/C21H19NO4/c1-11-12(20(23)24)9-10-16-13-7-4-8-14(13)19(22-18(11)16)15-5-2-3-6-17(15)21(25)26/h2-7,9-10,13-14,19,22H,8H2,1H3,(H,23,24)(H,25,26)/t13-,14+,19+/m1/s1. The van der Waals surface area contributed by atoms with Gasteiger partial charge in [0, 0.05) is 11.6 Å². The second-order valence-corrected chi connectivity index (χ2v) is 6.88. The van der Waals surface area contributed by atoms with Crippen LogP contribution in [0.4, 0.5) is 5.69 Å². The summed E-state index contributed by atoms with van der Waals surface area (Å²) in [5.41, 5.74) is 3.86. The molecule has 2 aromatic rings. The van der Waals surface area contributed by atoms with Gasteiger partial charge in [-0.1, -0.05) is 36.4 Å². The lowest BCUT2D eigenvalue weighted by atomic mass is 9.75. The zero-order valence-corrected chi connectivity index (χ0v) is 14.3. The van der Waals surface area contributed by atoms with E-state index in [1.54, 1.807) is 25.1 Å². The molecule has 0 aromatic heterocycles. The first-order valence-corrected chi connectivity index (χ1v) is 8.61. The molecule has 1 aliphatic heterocycles. The lowest BCUT2D eigenvalue weighted by Gasteiger charge is -2.39. The van der Waals surface area contributed by atoms with E-state index in [1.807, 2.05) is 18.2 Å². The van der Waals surface area contributed by atoms with Gasteiger partial charge in [0.15, 0.2) is 0 Å². The summed E-state index contributed by atoms with van der Waals surface area (Å²) in [5, 5.41) is 22.5. The number of hydrogen-bond donors (Lipinski definition) is 3. The van der Waals surface area contributed by atoms with E-state index in [1.165, 1.54) is 0 Å². The Kier molecular flexibility index (Phi) is 3.80. The van der Waals surface area contributed by atoms with E-state index in [9.17, 15) is 19.8 Å². The molecule has 5 nitrogen and oxygen atoms in total. The Morgan fingerprint density at radius 1 is 1.00 bits per heavy atom. The Bertz CT molecular complexity index is 947. The number of hydrogen-bond acceptors (Lipinski definition) is 3. The molecule has 26 heavy (non-hydrogen) atoms. The molecule has 0 radical (unpaired) electrons. The van der Waals surface area contributed by atoms with Crippen molar-refractivity contribution in [2.45, 2.75) is 25.3 Å². The lowest BCUT2D eigenvalue weighted by molar-refractivity contribution is 0.0685. The average molecular weight is 349 g/mol. The number of anilines is 1. The summed E-state index contributed by atoms with van der Waals surface area (Å²) in [7, 11) is 0. The van der Waals surface area contributed by atoms with Crippen molar-refractivity contribution >= 4 is 17.6 Å². The van der Waals surface area contributed by atoms with Crippen LogP contribution >= 0.6 is 0 Å². The topological polar surface area (TPSA) is 86.6 Å². The molecule has 4 rings (SSSR count). The van der Waals surface area contributed by atoms with E-state index in [0.29, 0.717) is 5.56 Å². The summed E-state index contributed by atoms with van der Waals surface area (Å²) in [5.74, 6) is -1.55. The van der Waals surface area contributed by atoms with Crippen molar-refractivity contribution < 1.29 is 19.8 Å². The first-order valence-electron chi connectivity index (χ1n) is 8.61. The third-order valence-electron chi connectivity index (χ3n) is 5.55. The van der Waals surface area contributed by atoms with Gasteiger partial charge in [0.05, 0.1) is 17.2 Å². The molecule has 0 bridgehead atoms. The number of carboxylic acid groups (broad SMARTS) is 2. The molecule has 5 heteroatoms. The fourth-order valence-corrected chi connectivity index (χ4v) is 4.32. The van der Waals surface area contributed by atoms with E-state index in [2.05, 4.69) is 17.5 Å². The van der Waals surface area contributed by atoms with Gasteiger partial charge in [0.1, 0.15) is 0 Å². The monoisotopic (exact) mass is 349 g/mol. The van der Waals surface area contributed by atoms with Crippen molar-refractivity contribution in [2.24, 2.45) is 5.92 Å². The molecule has 2 aromatic carbocycles. The van der Waals surface area contributed by atoms with Crippen molar-refractivity contribution in [3.63, 3.8) is 0 Å². The second kappa shape index (κ2) is 6.02. The van der Waals surface area contributed by atoms with Gasteiger partial charge in [-0.3, -0.25) is 0 Å². The molecule has 0 unspecified atom stereocenters. The number of nitrogens with one attached hydrogen (secondary N) is 1. The summed E-state index contributed by atoms with van der Waals surface area (Å²) in [6.45, 7) is 1.80. The van der Waals surface area contributed by atoms with Gasteiger partial charge in [-0.25, -0.2) is 9.59 Å². The maximum absolute atomic E-state index is 11.7. The van der Waals surface area contributed by atoms with Crippen LogP contribution < -0.4 is 5.32 Å². The van der Waals surface area contributed by atoms with Gasteiger partial charge in [-0.2, -0.15) is 0 Å². The first kappa shape index (κ1) is 16.4.